The zero-order valence-electron chi connectivity index (χ0n) is 16.5. The highest BCUT2D eigenvalue weighted by molar-refractivity contribution is 5.75. The number of aldehydes is 1. The topological polar surface area (TPSA) is 89.3 Å². The minimum absolute atomic E-state index is 0.0824. The number of hydrogen-bond donors (Lipinski definition) is 1. The van der Waals surface area contributed by atoms with Gasteiger partial charge in [0.1, 0.15) is 18.2 Å². The number of anilines is 1. The van der Waals surface area contributed by atoms with E-state index in [1.165, 1.54) is 0 Å². The molecule has 7 nitrogen and oxygen atoms in total. The minimum Gasteiger partial charge on any atom is -0.355 e. The highest BCUT2D eigenvalue weighted by Crippen LogP contribution is 2.24. The van der Waals surface area contributed by atoms with Crippen LogP contribution in [0.4, 0.5) is 10.6 Å². The molecule has 2 aromatic rings. The molecule has 1 aliphatic heterocycles. The predicted molar refractivity (Wildman–Crippen MR) is 111 cm³/mol. The monoisotopic (exact) mass is 391 g/mol. The van der Waals surface area contributed by atoms with Crippen molar-refractivity contribution >= 4 is 18.1 Å². The Morgan fingerprint density at radius 3 is 2.66 bits per heavy atom. The summed E-state index contributed by atoms with van der Waals surface area (Å²) in [6.07, 6.45) is 4.11. The number of carbonyl (C=O) groups excluding carboxylic acids is 2. The molecule has 0 radical (unpaired) electrons. The van der Waals surface area contributed by atoms with E-state index in [1.807, 2.05) is 24.0 Å². The van der Waals surface area contributed by atoms with Crippen LogP contribution in [0.25, 0.3) is 0 Å². The van der Waals surface area contributed by atoms with E-state index in [0.29, 0.717) is 30.0 Å². The number of aromatic nitrogens is 1. The first-order valence-electron chi connectivity index (χ1n) is 9.85. The van der Waals surface area contributed by atoms with Crippen molar-refractivity contribution in [3.05, 3.63) is 59.3 Å². The van der Waals surface area contributed by atoms with Gasteiger partial charge in [0, 0.05) is 44.0 Å². The van der Waals surface area contributed by atoms with Crippen molar-refractivity contribution in [2.45, 2.75) is 32.4 Å². The minimum atomic E-state index is -0.0824. The lowest BCUT2D eigenvalue weighted by atomic mass is 10.0. The molecule has 3 rings (SSSR count). The summed E-state index contributed by atoms with van der Waals surface area (Å²) in [5.74, 6) is 0.711. The van der Waals surface area contributed by atoms with E-state index in [2.05, 4.69) is 21.3 Å². The van der Waals surface area contributed by atoms with Crippen LogP contribution in [0.5, 0.6) is 0 Å². The van der Waals surface area contributed by atoms with Gasteiger partial charge in [-0.1, -0.05) is 24.3 Å². The van der Waals surface area contributed by atoms with Gasteiger partial charge in [-0.15, -0.1) is 0 Å². The van der Waals surface area contributed by atoms with Crippen LogP contribution in [-0.2, 0) is 6.54 Å². The van der Waals surface area contributed by atoms with Gasteiger partial charge < -0.3 is 15.1 Å². The second kappa shape index (κ2) is 9.69. The number of pyridine rings is 1. The van der Waals surface area contributed by atoms with Crippen LogP contribution in [0.2, 0.25) is 0 Å². The zero-order valence-corrected chi connectivity index (χ0v) is 16.5. The van der Waals surface area contributed by atoms with E-state index in [1.54, 1.807) is 30.5 Å². The van der Waals surface area contributed by atoms with Crippen LogP contribution in [0.3, 0.4) is 0 Å². The maximum Gasteiger partial charge on any atom is 0.317 e. The van der Waals surface area contributed by atoms with Gasteiger partial charge in [-0.3, -0.25) is 4.79 Å². The summed E-state index contributed by atoms with van der Waals surface area (Å²) < 4.78 is 0. The Kier molecular flexibility index (Phi) is 6.80. The van der Waals surface area contributed by atoms with Gasteiger partial charge in [-0.05, 0) is 37.5 Å². The highest BCUT2D eigenvalue weighted by Gasteiger charge is 2.29. The number of hydrogen-bond acceptors (Lipinski definition) is 5. The van der Waals surface area contributed by atoms with E-state index in [-0.39, 0.29) is 12.1 Å². The molecule has 2 amide bonds. The molecule has 0 unspecified atom stereocenters. The van der Waals surface area contributed by atoms with Gasteiger partial charge in [-0.2, -0.15) is 5.26 Å². The molecule has 0 atom stereocenters. The zero-order chi connectivity index (χ0) is 20.6. The lowest BCUT2D eigenvalue weighted by Crippen LogP contribution is -2.50. The van der Waals surface area contributed by atoms with Crippen molar-refractivity contribution in [1.82, 2.24) is 15.2 Å². The molecular weight excluding hydrogens is 366 g/mol. The summed E-state index contributed by atoms with van der Waals surface area (Å²) in [6.45, 7) is 4.43. The lowest BCUT2D eigenvalue weighted by Gasteiger charge is -2.39. The van der Waals surface area contributed by atoms with Gasteiger partial charge in [0.15, 0.2) is 0 Å². The van der Waals surface area contributed by atoms with Crippen molar-refractivity contribution in [1.29, 1.82) is 5.26 Å². The molecule has 29 heavy (non-hydrogen) atoms. The molecule has 1 aliphatic rings. The first-order valence-corrected chi connectivity index (χ1v) is 9.85. The van der Waals surface area contributed by atoms with E-state index in [4.69, 9.17) is 0 Å². The molecule has 150 valence electrons. The molecular formula is C22H25N5O2. The van der Waals surface area contributed by atoms with E-state index >= 15 is 0 Å². The maximum absolute atomic E-state index is 12.7. The molecule has 7 heteroatoms. The molecule has 0 bridgehead atoms. The van der Waals surface area contributed by atoms with Gasteiger partial charge in [-0.25, -0.2) is 9.78 Å². The van der Waals surface area contributed by atoms with Gasteiger partial charge in [0.05, 0.1) is 5.56 Å². The van der Waals surface area contributed by atoms with Gasteiger partial charge >= 0.3 is 6.03 Å². The summed E-state index contributed by atoms with van der Waals surface area (Å²) in [5, 5.41) is 12.2. The molecule has 1 fully saturated rings. The van der Waals surface area contributed by atoms with Crippen LogP contribution < -0.4 is 10.2 Å². The Hall–Kier alpha value is -3.40. The van der Waals surface area contributed by atoms with Crippen molar-refractivity contribution in [3.63, 3.8) is 0 Å². The van der Waals surface area contributed by atoms with Crippen LogP contribution in [0.15, 0.2) is 42.6 Å². The summed E-state index contributed by atoms with van der Waals surface area (Å²) in [5.41, 5.74) is 2.18. The number of amides is 2. The quantitative estimate of drug-likeness (QED) is 0.765. The maximum atomic E-state index is 12.7. The second-order valence-corrected chi connectivity index (χ2v) is 7.03. The van der Waals surface area contributed by atoms with Crippen molar-refractivity contribution in [2.75, 3.05) is 24.5 Å². The Bertz CT molecular complexity index is 883. The summed E-state index contributed by atoms with van der Waals surface area (Å²) in [7, 11) is 0. The predicted octanol–water partition coefficient (Wildman–Crippen LogP) is 2.97. The van der Waals surface area contributed by atoms with Crippen LogP contribution in [0.1, 0.15) is 41.3 Å². The van der Waals surface area contributed by atoms with Crippen LogP contribution in [0, 0.1) is 11.3 Å². The average molecular weight is 391 g/mol. The van der Waals surface area contributed by atoms with Crippen LogP contribution in [-0.4, -0.2) is 47.9 Å². The SMILES string of the molecule is CCNC(=O)N(Cc1ccc(C=O)cc1)C1CCN(c2ncccc2C#N)CC1. The lowest BCUT2D eigenvalue weighted by molar-refractivity contribution is 0.112. The largest absolute Gasteiger partial charge is 0.355 e. The number of piperidine rings is 1. The van der Waals surface area contributed by atoms with Crippen molar-refractivity contribution in [2.24, 2.45) is 0 Å². The number of urea groups is 1. The highest BCUT2D eigenvalue weighted by atomic mass is 16.2. The normalized spacial score (nSPS) is 14.1. The number of nitriles is 1. The molecule has 1 aromatic carbocycles. The fourth-order valence-corrected chi connectivity index (χ4v) is 3.64. The molecule has 0 aliphatic carbocycles. The summed E-state index contributed by atoms with van der Waals surface area (Å²) in [6, 6.07) is 13.1. The average Bonchev–Trinajstić information content (AvgIpc) is 2.78. The van der Waals surface area contributed by atoms with Crippen LogP contribution >= 0.6 is 0 Å². The number of benzene rings is 1. The first kappa shape index (κ1) is 20.3. The van der Waals surface area contributed by atoms with E-state index in [9.17, 15) is 14.9 Å². The van der Waals surface area contributed by atoms with Crippen molar-refractivity contribution < 1.29 is 9.59 Å². The molecule has 2 heterocycles. The number of carbonyl (C=O) groups is 2. The molecule has 1 saturated heterocycles. The fourth-order valence-electron chi connectivity index (χ4n) is 3.64. The summed E-state index contributed by atoms with van der Waals surface area (Å²) >= 11 is 0. The molecule has 0 spiro atoms. The smallest absolute Gasteiger partial charge is 0.317 e. The van der Waals surface area contributed by atoms with E-state index in [0.717, 1.165) is 37.8 Å². The van der Waals surface area contributed by atoms with Crippen molar-refractivity contribution in [3.8, 4) is 6.07 Å². The Labute approximate surface area is 171 Å². The molecule has 0 saturated carbocycles. The summed E-state index contributed by atoms with van der Waals surface area (Å²) in [4.78, 5) is 31.9. The molecule has 1 aromatic heterocycles. The number of nitrogens with one attached hydrogen (secondary N) is 1. The fraction of sp³-hybridized carbons (Fsp3) is 0.364. The third kappa shape index (κ3) is 4.91. The third-order valence-electron chi connectivity index (χ3n) is 5.17. The van der Waals surface area contributed by atoms with Gasteiger partial charge in [0.25, 0.3) is 0 Å². The van der Waals surface area contributed by atoms with Gasteiger partial charge in [0.2, 0.25) is 0 Å². The standard InChI is InChI=1S/C22H25N5O2/c1-2-24-22(29)27(15-17-5-7-18(16-28)8-6-17)20-9-12-26(13-10-20)21-19(14-23)4-3-11-25-21/h3-8,11,16,20H,2,9-10,12-13,15H2,1H3,(H,24,29). The Balaban J connectivity index is 1.71. The Morgan fingerprint density at radius 2 is 2.03 bits per heavy atom. The van der Waals surface area contributed by atoms with E-state index < -0.39 is 0 Å². The second-order valence-electron chi connectivity index (χ2n) is 7.03. The number of nitrogens with zero attached hydrogens (tertiary/aromatic N) is 4. The Morgan fingerprint density at radius 1 is 1.31 bits per heavy atom. The third-order valence-corrected chi connectivity index (χ3v) is 5.17. The molecule has 1 N–H and O–H groups in total. The first-order chi connectivity index (χ1) is 14.2. The number of rotatable bonds is 6.